The van der Waals surface area contributed by atoms with Crippen LogP contribution in [-0.4, -0.2) is 16.3 Å². The van der Waals surface area contributed by atoms with E-state index in [0.29, 0.717) is 4.88 Å². The van der Waals surface area contributed by atoms with Crippen molar-refractivity contribution in [2.24, 2.45) is 5.84 Å². The number of hydrogen-bond acceptors (Lipinski definition) is 4. The van der Waals surface area contributed by atoms with Gasteiger partial charge >= 0.3 is 5.91 Å². The lowest BCUT2D eigenvalue weighted by atomic mass is 10.4. The van der Waals surface area contributed by atoms with Crippen molar-refractivity contribution >= 4 is 17.2 Å². The second-order valence-electron chi connectivity index (χ2n) is 1.63. The van der Waals surface area contributed by atoms with E-state index in [1.807, 2.05) is 0 Å². The Hall–Kier alpha value is -0.910. The molecule has 0 saturated heterocycles. The molecule has 0 fully saturated rings. The van der Waals surface area contributed by atoms with Gasteiger partial charge in [-0.3, -0.25) is 10.0 Å². The summed E-state index contributed by atoms with van der Waals surface area (Å²) in [6.07, 6.45) is 0. The Kier molecular flexibility index (Phi) is 2.00. The van der Waals surface area contributed by atoms with E-state index in [-0.39, 0.29) is 5.17 Å². The summed E-state index contributed by atoms with van der Waals surface area (Å²) in [6, 6.07) is 3.30. The number of hydrazine groups is 1. The van der Waals surface area contributed by atoms with E-state index in [9.17, 15) is 4.79 Å². The van der Waals surface area contributed by atoms with Crippen LogP contribution in [0.15, 0.2) is 17.5 Å². The molecule has 0 aliphatic heterocycles. The van der Waals surface area contributed by atoms with Gasteiger partial charge in [0.1, 0.15) is 0 Å². The first-order valence-corrected chi connectivity index (χ1v) is 3.41. The lowest BCUT2D eigenvalue weighted by Crippen LogP contribution is -2.33. The highest BCUT2D eigenvalue weighted by Crippen LogP contribution is 2.08. The predicted molar refractivity (Wildman–Crippen MR) is 36.5 cm³/mol. The number of rotatable bonds is 1. The van der Waals surface area contributed by atoms with E-state index in [1.165, 1.54) is 11.3 Å². The smallest absolute Gasteiger partial charge is 0.270 e. The summed E-state index contributed by atoms with van der Waals surface area (Å²) < 4.78 is 0. The molecule has 0 unspecified atom stereocenters. The highest BCUT2D eigenvalue weighted by molar-refractivity contribution is 7.12. The van der Waals surface area contributed by atoms with Crippen molar-refractivity contribution in [1.29, 1.82) is 0 Å². The Labute approximate surface area is 61.4 Å². The zero-order chi connectivity index (χ0) is 7.56. The van der Waals surface area contributed by atoms with Gasteiger partial charge in [0.05, 0.1) is 4.88 Å². The Bertz CT molecular complexity index is 220. The molecular weight excluding hydrogens is 152 g/mol. The van der Waals surface area contributed by atoms with Gasteiger partial charge in [-0.05, 0) is 11.4 Å². The summed E-state index contributed by atoms with van der Waals surface area (Å²) in [4.78, 5) is 11.2. The van der Waals surface area contributed by atoms with Crippen LogP contribution in [0.25, 0.3) is 0 Å². The first kappa shape index (κ1) is 7.20. The lowest BCUT2D eigenvalue weighted by Gasteiger charge is -2.03. The van der Waals surface area contributed by atoms with Gasteiger partial charge in [0.2, 0.25) is 0 Å². The van der Waals surface area contributed by atoms with Crippen molar-refractivity contribution in [3.05, 3.63) is 22.4 Å². The number of amides is 1. The molecular formula is C5H6N2O2S. The SMILES string of the molecule is NN(O)C(=O)c1cccs1. The molecule has 4 nitrogen and oxygen atoms in total. The zero-order valence-corrected chi connectivity index (χ0v) is 5.84. The molecule has 0 saturated carbocycles. The van der Waals surface area contributed by atoms with Crippen molar-refractivity contribution in [2.75, 3.05) is 0 Å². The van der Waals surface area contributed by atoms with Crippen LogP contribution >= 0.6 is 11.3 Å². The third kappa shape index (κ3) is 1.32. The highest BCUT2D eigenvalue weighted by atomic mass is 32.1. The molecule has 0 aliphatic rings. The summed E-state index contributed by atoms with van der Waals surface area (Å²) in [5.41, 5.74) is 0. The Balaban J connectivity index is 2.78. The number of hydrogen-bond donors (Lipinski definition) is 2. The van der Waals surface area contributed by atoms with Crippen molar-refractivity contribution in [2.45, 2.75) is 0 Å². The topological polar surface area (TPSA) is 66.6 Å². The monoisotopic (exact) mass is 158 g/mol. The van der Waals surface area contributed by atoms with Gasteiger partial charge in [0.25, 0.3) is 0 Å². The minimum Gasteiger partial charge on any atom is -0.270 e. The van der Waals surface area contributed by atoms with Gasteiger partial charge < -0.3 is 0 Å². The summed E-state index contributed by atoms with van der Waals surface area (Å²) in [5, 5.41) is 10.3. The van der Waals surface area contributed by atoms with Gasteiger partial charge in [0.15, 0.2) is 0 Å². The van der Waals surface area contributed by atoms with Crippen molar-refractivity contribution in [3.63, 3.8) is 0 Å². The Morgan fingerprint density at radius 1 is 1.80 bits per heavy atom. The van der Waals surface area contributed by atoms with Crippen molar-refractivity contribution in [3.8, 4) is 0 Å². The van der Waals surface area contributed by atoms with E-state index >= 15 is 0 Å². The first-order valence-electron chi connectivity index (χ1n) is 2.53. The van der Waals surface area contributed by atoms with E-state index < -0.39 is 5.91 Å². The molecule has 5 heteroatoms. The predicted octanol–water partition coefficient (Wildman–Crippen LogP) is 0.453. The van der Waals surface area contributed by atoms with Gasteiger partial charge in [-0.25, -0.2) is 5.84 Å². The summed E-state index contributed by atoms with van der Waals surface area (Å²) >= 11 is 1.23. The van der Waals surface area contributed by atoms with Crippen LogP contribution in [0.1, 0.15) is 9.67 Å². The average molecular weight is 158 g/mol. The van der Waals surface area contributed by atoms with Gasteiger partial charge in [-0.15, -0.1) is 16.5 Å². The maximum atomic E-state index is 10.8. The summed E-state index contributed by atoms with van der Waals surface area (Å²) in [7, 11) is 0. The van der Waals surface area contributed by atoms with Crippen LogP contribution < -0.4 is 5.84 Å². The quantitative estimate of drug-likeness (QED) is 0.270. The molecule has 1 amide bonds. The maximum Gasteiger partial charge on any atom is 0.302 e. The molecule has 0 radical (unpaired) electrons. The number of nitrogens with two attached hydrogens (primary N) is 1. The van der Waals surface area contributed by atoms with Gasteiger partial charge in [-0.2, -0.15) is 0 Å². The summed E-state index contributed by atoms with van der Waals surface area (Å²) in [5.74, 6) is 4.19. The van der Waals surface area contributed by atoms with Gasteiger partial charge in [-0.1, -0.05) is 6.07 Å². The molecule has 0 spiro atoms. The van der Waals surface area contributed by atoms with Crippen molar-refractivity contribution in [1.82, 2.24) is 5.17 Å². The highest BCUT2D eigenvalue weighted by Gasteiger charge is 2.09. The molecule has 1 heterocycles. The molecule has 3 N–H and O–H groups in total. The number of thiophene rings is 1. The molecule has 0 aromatic carbocycles. The zero-order valence-electron chi connectivity index (χ0n) is 5.02. The van der Waals surface area contributed by atoms with Crippen LogP contribution in [0, 0.1) is 0 Å². The second kappa shape index (κ2) is 2.78. The summed E-state index contributed by atoms with van der Waals surface area (Å²) in [6.45, 7) is 0. The van der Waals surface area contributed by atoms with E-state index in [1.54, 1.807) is 17.5 Å². The fraction of sp³-hybridized carbons (Fsp3) is 0. The maximum absolute atomic E-state index is 10.8. The largest absolute Gasteiger partial charge is 0.302 e. The van der Waals surface area contributed by atoms with Crippen LogP contribution in [0.4, 0.5) is 0 Å². The van der Waals surface area contributed by atoms with Crippen LogP contribution in [0.2, 0.25) is 0 Å². The van der Waals surface area contributed by atoms with E-state index in [2.05, 4.69) is 0 Å². The molecule has 0 bridgehead atoms. The molecule has 0 aliphatic carbocycles. The third-order valence-electron chi connectivity index (χ3n) is 0.940. The second-order valence-corrected chi connectivity index (χ2v) is 2.57. The van der Waals surface area contributed by atoms with Crippen LogP contribution in [0.3, 0.4) is 0 Å². The van der Waals surface area contributed by atoms with E-state index in [4.69, 9.17) is 11.0 Å². The molecule has 1 aromatic heterocycles. The minimum absolute atomic E-state index is 0.0752. The standard InChI is InChI=1S/C5H6N2O2S/c6-7(9)5(8)4-2-1-3-10-4/h1-3,9H,6H2. The first-order chi connectivity index (χ1) is 4.72. The fourth-order valence-corrected chi connectivity index (χ4v) is 1.17. The van der Waals surface area contributed by atoms with E-state index in [0.717, 1.165) is 0 Å². The molecule has 0 atom stereocenters. The fourth-order valence-electron chi connectivity index (χ4n) is 0.513. The third-order valence-corrected chi connectivity index (χ3v) is 1.80. The molecule has 1 aromatic rings. The lowest BCUT2D eigenvalue weighted by molar-refractivity contribution is -0.0591. The number of carbonyl (C=O) groups excluding carboxylic acids is 1. The normalized spacial score (nSPS) is 9.40. The molecule has 54 valence electrons. The molecule has 10 heavy (non-hydrogen) atoms. The Morgan fingerprint density at radius 3 is 2.90 bits per heavy atom. The van der Waals surface area contributed by atoms with Gasteiger partial charge in [0, 0.05) is 0 Å². The van der Waals surface area contributed by atoms with Crippen molar-refractivity contribution < 1.29 is 10.0 Å². The average Bonchev–Trinajstić information content (AvgIpc) is 2.36. The Morgan fingerprint density at radius 2 is 2.50 bits per heavy atom. The number of nitrogens with zero attached hydrogens (tertiary/aromatic N) is 1. The van der Waals surface area contributed by atoms with Crippen LogP contribution in [0.5, 0.6) is 0 Å². The van der Waals surface area contributed by atoms with Crippen LogP contribution in [-0.2, 0) is 0 Å². The minimum atomic E-state index is -0.588. The molecule has 1 rings (SSSR count). The number of hydroxylamine groups is 1. The number of carbonyl (C=O) groups is 1.